The van der Waals surface area contributed by atoms with Crippen LogP contribution in [-0.2, 0) is 0 Å². The van der Waals surface area contributed by atoms with Crippen molar-refractivity contribution in [2.24, 2.45) is 0 Å². The molecule has 0 bridgehead atoms. The summed E-state index contributed by atoms with van der Waals surface area (Å²) in [6.07, 6.45) is -0.577. The van der Waals surface area contributed by atoms with Crippen molar-refractivity contribution >= 4 is 24.4 Å². The molecule has 2 N–H and O–H groups in total. The van der Waals surface area contributed by atoms with Crippen LogP contribution in [0, 0.1) is 0 Å². The van der Waals surface area contributed by atoms with Crippen LogP contribution in [-0.4, -0.2) is 33.8 Å². The molecule has 0 aromatic rings. The van der Waals surface area contributed by atoms with E-state index >= 15 is 0 Å². The van der Waals surface area contributed by atoms with Gasteiger partial charge in [0.05, 0.1) is 12.7 Å². The zero-order valence-corrected chi connectivity index (χ0v) is 6.16. The summed E-state index contributed by atoms with van der Waals surface area (Å²) in [5.41, 5.74) is 0. The predicted molar refractivity (Wildman–Crippen MR) is 39.4 cm³/mol. The number of aliphatic hydroxyl groups is 2. The van der Waals surface area contributed by atoms with Crippen LogP contribution in [0.25, 0.3) is 0 Å². The van der Waals surface area contributed by atoms with Crippen LogP contribution >= 0.6 is 24.4 Å². The molecule has 1 atom stereocenters. The lowest BCUT2D eigenvalue weighted by Gasteiger charge is -2.02. The fourth-order valence-corrected chi connectivity index (χ4v) is 1.04. The van der Waals surface area contributed by atoms with Gasteiger partial charge >= 0.3 is 0 Å². The van der Waals surface area contributed by atoms with Gasteiger partial charge in [-0.25, -0.2) is 0 Å². The number of aliphatic hydroxyl groups excluding tert-OH is 2. The molecule has 0 saturated heterocycles. The number of thioether (sulfide) groups is 1. The molecular formula is C4H10O2S2. The van der Waals surface area contributed by atoms with Gasteiger partial charge in [0.2, 0.25) is 0 Å². The molecule has 0 amide bonds. The smallest absolute Gasteiger partial charge is 0.0861 e. The van der Waals surface area contributed by atoms with Gasteiger partial charge in [0.1, 0.15) is 0 Å². The van der Waals surface area contributed by atoms with E-state index in [0.29, 0.717) is 10.8 Å². The Morgan fingerprint density at radius 1 is 1.62 bits per heavy atom. The molecule has 0 aromatic carbocycles. The molecule has 0 spiro atoms. The first-order valence-corrected chi connectivity index (χ1v) is 4.07. The summed E-state index contributed by atoms with van der Waals surface area (Å²) in [5.74, 6) is 0.569. The van der Waals surface area contributed by atoms with Crippen molar-refractivity contribution in [3.8, 4) is 0 Å². The number of thiol groups is 1. The lowest BCUT2D eigenvalue weighted by atomic mass is 10.4. The summed E-state index contributed by atoms with van der Waals surface area (Å²) in [6, 6.07) is 0. The Hall–Kier alpha value is 0.620. The minimum absolute atomic E-state index is 0.152. The standard InChI is InChI=1S/C4H10O2S2/c5-1-4(6)2-8-3-7/h4-7H,1-3H2. The van der Waals surface area contributed by atoms with Gasteiger partial charge in [-0.2, -0.15) is 12.6 Å². The van der Waals surface area contributed by atoms with E-state index in [-0.39, 0.29) is 6.61 Å². The van der Waals surface area contributed by atoms with Gasteiger partial charge in [0.25, 0.3) is 0 Å². The summed E-state index contributed by atoms with van der Waals surface area (Å²) >= 11 is 5.40. The first kappa shape index (κ1) is 8.62. The van der Waals surface area contributed by atoms with Gasteiger partial charge in [-0.15, -0.1) is 11.8 Å². The van der Waals surface area contributed by atoms with Gasteiger partial charge in [-0.1, -0.05) is 0 Å². The van der Waals surface area contributed by atoms with Crippen LogP contribution < -0.4 is 0 Å². The summed E-state index contributed by atoms with van der Waals surface area (Å²) in [7, 11) is 0. The number of rotatable bonds is 4. The van der Waals surface area contributed by atoms with E-state index in [9.17, 15) is 0 Å². The van der Waals surface area contributed by atoms with Gasteiger partial charge in [0, 0.05) is 10.8 Å². The maximum atomic E-state index is 8.68. The molecular weight excluding hydrogens is 144 g/mol. The van der Waals surface area contributed by atoms with Crippen molar-refractivity contribution in [2.75, 3.05) is 17.4 Å². The van der Waals surface area contributed by atoms with Crippen molar-refractivity contribution in [2.45, 2.75) is 6.10 Å². The molecule has 0 rings (SSSR count). The van der Waals surface area contributed by atoms with Gasteiger partial charge in [-0.3, -0.25) is 0 Å². The highest BCUT2D eigenvalue weighted by Gasteiger charge is 1.98. The van der Waals surface area contributed by atoms with Crippen LogP contribution in [0.4, 0.5) is 0 Å². The molecule has 4 heteroatoms. The molecule has 50 valence electrons. The maximum Gasteiger partial charge on any atom is 0.0861 e. The quantitative estimate of drug-likeness (QED) is 0.393. The Balaban J connectivity index is 2.86. The molecule has 0 aliphatic rings. The van der Waals surface area contributed by atoms with E-state index in [1.807, 2.05) is 0 Å². The lowest BCUT2D eigenvalue weighted by molar-refractivity contribution is 0.113. The molecule has 0 saturated carbocycles. The molecule has 2 nitrogen and oxygen atoms in total. The van der Waals surface area contributed by atoms with Gasteiger partial charge in [0.15, 0.2) is 0 Å². The number of hydrogen-bond acceptors (Lipinski definition) is 4. The molecule has 0 heterocycles. The Kier molecular flexibility index (Phi) is 6.20. The predicted octanol–water partition coefficient (Wildman–Crippen LogP) is -0.0399. The second-order valence-electron chi connectivity index (χ2n) is 1.34. The van der Waals surface area contributed by atoms with Crippen molar-refractivity contribution < 1.29 is 10.2 Å². The van der Waals surface area contributed by atoms with Crippen molar-refractivity contribution in [3.63, 3.8) is 0 Å². The Labute approximate surface area is 58.7 Å². The second kappa shape index (κ2) is 5.75. The first-order chi connectivity index (χ1) is 3.81. The zero-order valence-electron chi connectivity index (χ0n) is 4.45. The van der Waals surface area contributed by atoms with E-state index in [0.717, 1.165) is 0 Å². The van der Waals surface area contributed by atoms with Crippen LogP contribution in [0.5, 0.6) is 0 Å². The van der Waals surface area contributed by atoms with E-state index < -0.39 is 6.10 Å². The largest absolute Gasteiger partial charge is 0.394 e. The average Bonchev–Trinajstić information content (AvgIpc) is 1.83. The third kappa shape index (κ3) is 4.77. The van der Waals surface area contributed by atoms with Crippen molar-refractivity contribution in [1.82, 2.24) is 0 Å². The average molecular weight is 154 g/mol. The molecule has 0 aliphatic carbocycles. The highest BCUT2D eigenvalue weighted by Crippen LogP contribution is 2.03. The highest BCUT2D eigenvalue weighted by molar-refractivity contribution is 8.09. The first-order valence-electron chi connectivity index (χ1n) is 2.28. The highest BCUT2D eigenvalue weighted by atomic mass is 32.2. The van der Waals surface area contributed by atoms with E-state index in [2.05, 4.69) is 12.6 Å². The SMILES string of the molecule is OCC(O)CSCS. The normalized spacial score (nSPS) is 13.9. The Bertz CT molecular complexity index is 51.3. The molecule has 0 aliphatic heterocycles. The molecule has 0 radical (unpaired) electrons. The minimum atomic E-state index is -0.577. The van der Waals surface area contributed by atoms with Crippen LogP contribution in [0.15, 0.2) is 0 Å². The fourth-order valence-electron chi connectivity index (χ4n) is 0.241. The fraction of sp³-hybridized carbons (Fsp3) is 1.00. The summed E-state index contributed by atoms with van der Waals surface area (Å²) in [5, 5.41) is 17.6. The second-order valence-corrected chi connectivity index (χ2v) is 3.11. The maximum absolute atomic E-state index is 8.68. The van der Waals surface area contributed by atoms with E-state index in [1.165, 1.54) is 11.8 Å². The summed E-state index contributed by atoms with van der Waals surface area (Å²) < 4.78 is 0. The van der Waals surface area contributed by atoms with Crippen molar-refractivity contribution in [3.05, 3.63) is 0 Å². The molecule has 1 unspecified atom stereocenters. The molecule has 0 aromatic heterocycles. The van der Waals surface area contributed by atoms with E-state index in [4.69, 9.17) is 10.2 Å². The monoisotopic (exact) mass is 154 g/mol. The Morgan fingerprint density at radius 3 is 2.62 bits per heavy atom. The van der Waals surface area contributed by atoms with Crippen molar-refractivity contribution in [1.29, 1.82) is 0 Å². The summed E-state index contributed by atoms with van der Waals surface area (Å²) in [6.45, 7) is -0.152. The third-order valence-corrected chi connectivity index (χ3v) is 1.96. The minimum Gasteiger partial charge on any atom is -0.394 e. The van der Waals surface area contributed by atoms with Gasteiger partial charge in [-0.05, 0) is 0 Å². The Morgan fingerprint density at radius 2 is 2.25 bits per heavy atom. The van der Waals surface area contributed by atoms with Crippen LogP contribution in [0.1, 0.15) is 0 Å². The zero-order chi connectivity index (χ0) is 6.41. The van der Waals surface area contributed by atoms with Crippen LogP contribution in [0.3, 0.4) is 0 Å². The van der Waals surface area contributed by atoms with E-state index in [1.54, 1.807) is 0 Å². The lowest BCUT2D eigenvalue weighted by Crippen LogP contribution is -2.14. The third-order valence-electron chi connectivity index (χ3n) is 0.612. The van der Waals surface area contributed by atoms with Gasteiger partial charge < -0.3 is 10.2 Å². The van der Waals surface area contributed by atoms with Crippen LogP contribution in [0.2, 0.25) is 0 Å². The molecule has 8 heavy (non-hydrogen) atoms. The number of hydrogen-bond donors (Lipinski definition) is 3. The topological polar surface area (TPSA) is 40.5 Å². The molecule has 0 fully saturated rings. The summed E-state index contributed by atoms with van der Waals surface area (Å²) in [4.78, 5) is 0.